The Hall–Kier alpha value is 1.19. The van der Waals surface area contributed by atoms with Gasteiger partial charge in [-0.05, 0) is 17.0 Å². The molecule has 0 unspecified atom stereocenters. The Labute approximate surface area is 126 Å². The molecule has 1 aromatic carbocycles. The van der Waals surface area contributed by atoms with Gasteiger partial charge in [-0.25, -0.2) is 0 Å². The second-order valence-corrected chi connectivity index (χ2v) is 3.35. The number of hydrogen-bond acceptors (Lipinski definition) is 0. The fourth-order valence-electron chi connectivity index (χ4n) is 0.923. The molecule has 0 aliphatic carbocycles. The molecule has 0 saturated heterocycles. The van der Waals surface area contributed by atoms with Gasteiger partial charge in [0, 0.05) is 0 Å². The van der Waals surface area contributed by atoms with E-state index >= 15 is 0 Å². The molecule has 66 valence electrons. The predicted molar refractivity (Wildman–Crippen MR) is 47.6 cm³/mol. The maximum Gasteiger partial charge on any atom is 1.00 e. The second kappa shape index (κ2) is 5.32. The molecule has 0 nitrogen and oxygen atoms in total. The summed E-state index contributed by atoms with van der Waals surface area (Å²) in [6.45, 7) is -3.26. The molecule has 6 heteroatoms. The Bertz CT molecular complexity index is 300. The predicted octanol–water partition coefficient (Wildman–Crippen LogP) is -0.184. The summed E-state index contributed by atoms with van der Waals surface area (Å²) in [5.74, 6) is 0. The third-order valence-corrected chi connectivity index (χ3v) is 2.66. The van der Waals surface area contributed by atoms with E-state index in [1.54, 1.807) is 13.0 Å². The van der Waals surface area contributed by atoms with Crippen molar-refractivity contribution in [2.45, 2.75) is 6.92 Å². The molecule has 0 radical (unpaired) electrons. The Morgan fingerprint density at radius 2 is 1.77 bits per heavy atom. The number of aryl methyl sites for hydroxylation is 1. The van der Waals surface area contributed by atoms with Crippen molar-refractivity contribution in [2.24, 2.45) is 0 Å². The molecule has 0 aliphatic rings. The van der Waals surface area contributed by atoms with E-state index in [1.807, 2.05) is 0 Å². The molecule has 0 amide bonds. The van der Waals surface area contributed by atoms with E-state index in [-0.39, 0.29) is 55.9 Å². The summed E-state index contributed by atoms with van der Waals surface area (Å²) < 4.78 is 36.9. The molecular weight excluding hydrogens is 271 g/mol. The maximum atomic E-state index is 12.3. The Balaban J connectivity index is 0.00000144. The van der Waals surface area contributed by atoms with Crippen molar-refractivity contribution in [1.29, 1.82) is 0 Å². The van der Waals surface area contributed by atoms with E-state index in [9.17, 15) is 12.9 Å². The molecule has 0 N–H and O–H groups in total. The van der Waals surface area contributed by atoms with Crippen LogP contribution in [0, 0.1) is 6.92 Å². The van der Waals surface area contributed by atoms with Gasteiger partial charge in [0.1, 0.15) is 0 Å². The van der Waals surface area contributed by atoms with E-state index < -0.39 is 12.4 Å². The van der Waals surface area contributed by atoms with E-state index in [1.165, 1.54) is 6.07 Å². The first kappa shape index (κ1) is 14.2. The Morgan fingerprint density at radius 1 is 1.23 bits per heavy atom. The van der Waals surface area contributed by atoms with E-state index in [4.69, 9.17) is 0 Å². The van der Waals surface area contributed by atoms with Gasteiger partial charge in [-0.3, -0.25) is 0 Å². The number of halogens is 4. The largest absolute Gasteiger partial charge is 1.00 e. The minimum atomic E-state index is -4.90. The second-order valence-electron chi connectivity index (χ2n) is 2.55. The van der Waals surface area contributed by atoms with Crippen LogP contribution in [0.4, 0.5) is 12.9 Å². The van der Waals surface area contributed by atoms with Crippen molar-refractivity contribution < 1.29 is 64.3 Å². The van der Waals surface area contributed by atoms with Crippen LogP contribution in [-0.2, 0) is 0 Å². The van der Waals surface area contributed by atoms with Gasteiger partial charge in [0.25, 0.3) is 0 Å². The first-order chi connectivity index (χ1) is 5.43. The minimum Gasteiger partial charge on any atom is -0.445 e. The molecule has 0 heterocycles. The van der Waals surface area contributed by atoms with Gasteiger partial charge in [-0.15, -0.1) is 0 Å². The van der Waals surface area contributed by atoms with Crippen LogP contribution >= 0.6 is 15.9 Å². The minimum absolute atomic E-state index is 0. The van der Waals surface area contributed by atoms with Gasteiger partial charge in [0.15, 0.2) is 0 Å². The van der Waals surface area contributed by atoms with E-state index in [2.05, 4.69) is 15.9 Å². The Kier molecular flexibility index (Phi) is 5.81. The third-order valence-electron chi connectivity index (χ3n) is 1.57. The van der Waals surface area contributed by atoms with Crippen LogP contribution in [0.3, 0.4) is 0 Å². The van der Waals surface area contributed by atoms with E-state index in [0.29, 0.717) is 5.56 Å². The standard InChI is InChI=1S/C7H6BBrF3.K/c1-5-3-2-4-6(7(5)9)8(10,11)12;/h2-4H,1H3;/q-1;+1. The van der Waals surface area contributed by atoms with Gasteiger partial charge in [0.2, 0.25) is 0 Å². The quantitative estimate of drug-likeness (QED) is 0.624. The molecule has 0 atom stereocenters. The molecule has 0 aliphatic heterocycles. The summed E-state index contributed by atoms with van der Waals surface area (Å²) in [6, 6.07) is 4.12. The van der Waals surface area contributed by atoms with Gasteiger partial charge < -0.3 is 12.9 Å². The molecule has 0 fully saturated rings. The van der Waals surface area contributed by atoms with Crippen LogP contribution in [-0.4, -0.2) is 6.98 Å². The summed E-state index contributed by atoms with van der Waals surface area (Å²) >= 11 is 2.91. The summed E-state index contributed by atoms with van der Waals surface area (Å²) in [6.07, 6.45) is 0. The SMILES string of the molecule is Cc1cccc([B-](F)(F)F)c1Br.[K+]. The van der Waals surface area contributed by atoms with Crippen molar-refractivity contribution in [1.82, 2.24) is 0 Å². The third kappa shape index (κ3) is 3.68. The fraction of sp³-hybridized carbons (Fsp3) is 0.143. The summed E-state index contributed by atoms with van der Waals surface area (Å²) in [4.78, 5) is 0. The molecule has 0 aromatic heterocycles. The van der Waals surface area contributed by atoms with Crippen LogP contribution in [0.5, 0.6) is 0 Å². The first-order valence-corrected chi connectivity index (χ1v) is 4.17. The normalized spacial score (nSPS) is 10.8. The molecule has 1 aromatic rings. The monoisotopic (exact) mass is 276 g/mol. The summed E-state index contributed by atoms with van der Waals surface area (Å²) in [7, 11) is 0. The van der Waals surface area contributed by atoms with Gasteiger partial charge in [-0.2, -0.15) is 0 Å². The molecule has 0 spiro atoms. The van der Waals surface area contributed by atoms with Crippen molar-refractivity contribution >= 4 is 28.4 Å². The molecule has 1 rings (SSSR count). The molecule has 0 saturated carbocycles. The van der Waals surface area contributed by atoms with Crippen molar-refractivity contribution in [2.75, 3.05) is 0 Å². The molecule has 0 bridgehead atoms. The van der Waals surface area contributed by atoms with Crippen LogP contribution in [0.2, 0.25) is 0 Å². The van der Waals surface area contributed by atoms with Gasteiger partial charge in [0.05, 0.1) is 0 Å². The molecule has 13 heavy (non-hydrogen) atoms. The topological polar surface area (TPSA) is 0 Å². The van der Waals surface area contributed by atoms with Crippen molar-refractivity contribution in [3.8, 4) is 0 Å². The van der Waals surface area contributed by atoms with Crippen LogP contribution in [0.15, 0.2) is 22.7 Å². The van der Waals surface area contributed by atoms with Crippen molar-refractivity contribution in [3.63, 3.8) is 0 Å². The van der Waals surface area contributed by atoms with E-state index in [0.717, 1.165) is 6.07 Å². The smallest absolute Gasteiger partial charge is 0.445 e. The number of hydrogen-bond donors (Lipinski definition) is 0. The van der Waals surface area contributed by atoms with Crippen LogP contribution < -0.4 is 56.8 Å². The average molecular weight is 277 g/mol. The Morgan fingerprint density at radius 3 is 2.15 bits per heavy atom. The van der Waals surface area contributed by atoms with Crippen molar-refractivity contribution in [3.05, 3.63) is 28.2 Å². The maximum absolute atomic E-state index is 12.3. The van der Waals surface area contributed by atoms with Crippen LogP contribution in [0.25, 0.3) is 0 Å². The number of benzene rings is 1. The van der Waals surface area contributed by atoms with Crippen LogP contribution in [0.1, 0.15) is 5.56 Å². The zero-order valence-corrected chi connectivity index (χ0v) is 12.0. The zero-order valence-electron chi connectivity index (χ0n) is 7.32. The van der Waals surface area contributed by atoms with Gasteiger partial charge >= 0.3 is 58.4 Å². The molecular formula is C7H6BBrF3K. The first-order valence-electron chi connectivity index (χ1n) is 3.38. The van der Waals surface area contributed by atoms with Gasteiger partial charge in [-0.1, -0.05) is 39.6 Å². The summed E-state index contributed by atoms with van der Waals surface area (Å²) in [5, 5.41) is 0. The average Bonchev–Trinajstić information content (AvgIpc) is 1.92. The zero-order chi connectivity index (χ0) is 9.35. The summed E-state index contributed by atoms with van der Waals surface area (Å²) in [5.41, 5.74) is 0.0432. The fourth-order valence-corrected chi connectivity index (χ4v) is 1.45. The number of rotatable bonds is 1.